The van der Waals surface area contributed by atoms with Crippen molar-refractivity contribution in [3.8, 4) is 0 Å². The third-order valence-electron chi connectivity index (χ3n) is 5.59. The lowest BCUT2D eigenvalue weighted by molar-refractivity contribution is -0.126. The number of anilines is 1. The highest BCUT2D eigenvalue weighted by Crippen LogP contribution is 2.31. The SMILES string of the molecule is NC(=O)C1Cc2ccccc2CN1CC(=O)N1CCc2cc(S(N)(=O)=O)ccc21. The first-order chi connectivity index (χ1) is 13.7. The Kier molecular flexibility index (Phi) is 4.89. The van der Waals surface area contributed by atoms with Crippen LogP contribution < -0.4 is 15.8 Å². The van der Waals surface area contributed by atoms with Gasteiger partial charge in [0.25, 0.3) is 0 Å². The smallest absolute Gasteiger partial charge is 0.241 e. The van der Waals surface area contributed by atoms with E-state index in [9.17, 15) is 18.0 Å². The molecule has 2 aliphatic rings. The molecule has 4 N–H and O–H groups in total. The third-order valence-corrected chi connectivity index (χ3v) is 6.50. The molecule has 2 aromatic rings. The van der Waals surface area contributed by atoms with Crippen LogP contribution in [0.4, 0.5) is 5.69 Å². The number of carbonyl (C=O) groups is 2. The molecule has 0 fully saturated rings. The molecule has 152 valence electrons. The van der Waals surface area contributed by atoms with Crippen LogP contribution >= 0.6 is 0 Å². The number of benzene rings is 2. The maximum absolute atomic E-state index is 13.0. The summed E-state index contributed by atoms with van der Waals surface area (Å²) in [6.07, 6.45) is 1.03. The zero-order valence-corrected chi connectivity index (χ0v) is 16.6. The molecule has 0 radical (unpaired) electrons. The molecule has 4 rings (SSSR count). The highest BCUT2D eigenvalue weighted by Gasteiger charge is 2.34. The zero-order valence-electron chi connectivity index (χ0n) is 15.7. The van der Waals surface area contributed by atoms with Crippen LogP contribution in [0, 0.1) is 0 Å². The summed E-state index contributed by atoms with van der Waals surface area (Å²) in [7, 11) is -3.79. The number of nitrogens with two attached hydrogens (primary N) is 2. The van der Waals surface area contributed by atoms with Crippen molar-refractivity contribution in [1.82, 2.24) is 4.90 Å². The predicted molar refractivity (Wildman–Crippen MR) is 107 cm³/mol. The van der Waals surface area contributed by atoms with E-state index in [0.29, 0.717) is 31.6 Å². The molecule has 2 aromatic carbocycles. The number of amides is 2. The number of hydrogen-bond acceptors (Lipinski definition) is 5. The molecule has 0 aromatic heterocycles. The second kappa shape index (κ2) is 7.25. The van der Waals surface area contributed by atoms with Gasteiger partial charge < -0.3 is 10.6 Å². The van der Waals surface area contributed by atoms with Crippen molar-refractivity contribution in [2.24, 2.45) is 10.9 Å². The van der Waals surface area contributed by atoms with Gasteiger partial charge >= 0.3 is 0 Å². The Morgan fingerprint density at radius 2 is 1.79 bits per heavy atom. The number of sulfonamides is 1. The van der Waals surface area contributed by atoms with E-state index in [2.05, 4.69) is 0 Å². The topological polar surface area (TPSA) is 127 Å². The van der Waals surface area contributed by atoms with Gasteiger partial charge in [0.15, 0.2) is 0 Å². The van der Waals surface area contributed by atoms with E-state index < -0.39 is 22.0 Å². The Morgan fingerprint density at radius 3 is 2.48 bits per heavy atom. The van der Waals surface area contributed by atoms with Gasteiger partial charge in [-0.25, -0.2) is 13.6 Å². The quantitative estimate of drug-likeness (QED) is 0.736. The largest absolute Gasteiger partial charge is 0.368 e. The lowest BCUT2D eigenvalue weighted by atomic mass is 9.93. The maximum atomic E-state index is 13.0. The number of primary sulfonamides is 1. The van der Waals surface area contributed by atoms with E-state index in [1.54, 1.807) is 11.0 Å². The molecule has 1 atom stereocenters. The summed E-state index contributed by atoms with van der Waals surface area (Å²) in [6, 6.07) is 11.8. The minimum atomic E-state index is -3.79. The van der Waals surface area contributed by atoms with E-state index in [1.807, 2.05) is 29.2 Å². The van der Waals surface area contributed by atoms with Gasteiger partial charge in [0, 0.05) is 18.8 Å². The minimum absolute atomic E-state index is 0.0342. The summed E-state index contributed by atoms with van der Waals surface area (Å²) in [5.41, 5.74) is 9.20. The zero-order chi connectivity index (χ0) is 20.8. The first-order valence-electron chi connectivity index (χ1n) is 9.30. The summed E-state index contributed by atoms with van der Waals surface area (Å²) in [4.78, 5) is 28.5. The second-order valence-corrected chi connectivity index (χ2v) is 8.99. The number of nitrogens with zero attached hydrogens (tertiary/aromatic N) is 2. The summed E-state index contributed by atoms with van der Waals surface area (Å²) in [5, 5.41) is 5.19. The fraction of sp³-hybridized carbons (Fsp3) is 0.300. The molecule has 9 heteroatoms. The lowest BCUT2D eigenvalue weighted by Crippen LogP contribution is -2.52. The van der Waals surface area contributed by atoms with Crippen molar-refractivity contribution < 1.29 is 18.0 Å². The van der Waals surface area contributed by atoms with Crippen LogP contribution in [0.2, 0.25) is 0 Å². The molecule has 2 aliphatic heterocycles. The monoisotopic (exact) mass is 414 g/mol. The van der Waals surface area contributed by atoms with Gasteiger partial charge in [-0.1, -0.05) is 24.3 Å². The summed E-state index contributed by atoms with van der Waals surface area (Å²) >= 11 is 0. The van der Waals surface area contributed by atoms with E-state index in [-0.39, 0.29) is 17.3 Å². The predicted octanol–water partition coefficient (Wildman–Crippen LogP) is 0.135. The summed E-state index contributed by atoms with van der Waals surface area (Å²) in [5.74, 6) is -0.607. The average molecular weight is 414 g/mol. The summed E-state index contributed by atoms with van der Waals surface area (Å²) < 4.78 is 23.1. The molecule has 0 aliphatic carbocycles. The molecular formula is C20H22N4O4S. The van der Waals surface area contributed by atoms with E-state index in [4.69, 9.17) is 10.9 Å². The molecule has 2 amide bonds. The number of hydrogen-bond donors (Lipinski definition) is 2. The normalized spacial score (nSPS) is 18.9. The van der Waals surface area contributed by atoms with Crippen LogP contribution in [-0.2, 0) is 39.0 Å². The number of rotatable bonds is 4. The standard InChI is InChI=1S/C20H22N4O4S/c21-20(26)18-10-13-3-1-2-4-15(13)11-23(18)12-19(25)24-8-7-14-9-16(29(22,27)28)5-6-17(14)24/h1-6,9,18H,7-8,10-12H2,(H2,21,26)(H2,22,27,28). The van der Waals surface area contributed by atoms with Gasteiger partial charge in [0.1, 0.15) is 0 Å². The van der Waals surface area contributed by atoms with E-state index >= 15 is 0 Å². The van der Waals surface area contributed by atoms with Gasteiger partial charge in [-0.3, -0.25) is 14.5 Å². The van der Waals surface area contributed by atoms with Crippen molar-refractivity contribution in [2.75, 3.05) is 18.0 Å². The highest BCUT2D eigenvalue weighted by atomic mass is 32.2. The Bertz CT molecular complexity index is 1100. The van der Waals surface area contributed by atoms with Crippen molar-refractivity contribution >= 4 is 27.5 Å². The molecule has 1 unspecified atom stereocenters. The summed E-state index contributed by atoms with van der Waals surface area (Å²) in [6.45, 7) is 0.979. The fourth-order valence-electron chi connectivity index (χ4n) is 4.10. The fourth-order valence-corrected chi connectivity index (χ4v) is 4.66. The van der Waals surface area contributed by atoms with Crippen LogP contribution in [0.15, 0.2) is 47.4 Å². The number of fused-ring (bicyclic) bond motifs is 2. The maximum Gasteiger partial charge on any atom is 0.241 e. The third kappa shape index (κ3) is 3.76. The molecule has 29 heavy (non-hydrogen) atoms. The molecular weight excluding hydrogens is 392 g/mol. The van der Waals surface area contributed by atoms with Crippen LogP contribution in [0.25, 0.3) is 0 Å². The van der Waals surface area contributed by atoms with Crippen molar-refractivity contribution in [3.05, 3.63) is 59.2 Å². The molecule has 2 heterocycles. The van der Waals surface area contributed by atoms with Crippen LogP contribution in [-0.4, -0.2) is 44.3 Å². The van der Waals surface area contributed by atoms with E-state index in [1.165, 1.54) is 12.1 Å². The highest BCUT2D eigenvalue weighted by molar-refractivity contribution is 7.89. The molecule has 0 bridgehead atoms. The Hall–Kier alpha value is -2.75. The average Bonchev–Trinajstić information content (AvgIpc) is 3.10. The Labute approximate surface area is 169 Å². The molecule has 0 saturated carbocycles. The molecule has 0 spiro atoms. The Balaban J connectivity index is 1.55. The van der Waals surface area contributed by atoms with Crippen molar-refractivity contribution in [1.29, 1.82) is 0 Å². The van der Waals surface area contributed by atoms with Gasteiger partial charge in [0.2, 0.25) is 21.8 Å². The van der Waals surface area contributed by atoms with Crippen LogP contribution in [0.1, 0.15) is 16.7 Å². The second-order valence-electron chi connectivity index (χ2n) is 7.43. The minimum Gasteiger partial charge on any atom is -0.368 e. The van der Waals surface area contributed by atoms with Crippen LogP contribution in [0.3, 0.4) is 0 Å². The van der Waals surface area contributed by atoms with E-state index in [0.717, 1.165) is 16.7 Å². The van der Waals surface area contributed by atoms with Gasteiger partial charge in [0.05, 0.1) is 17.5 Å². The lowest BCUT2D eigenvalue weighted by Gasteiger charge is -2.35. The first-order valence-corrected chi connectivity index (χ1v) is 10.8. The number of carbonyl (C=O) groups excluding carboxylic acids is 2. The molecule has 8 nitrogen and oxygen atoms in total. The van der Waals surface area contributed by atoms with Crippen molar-refractivity contribution in [3.63, 3.8) is 0 Å². The van der Waals surface area contributed by atoms with Gasteiger partial charge in [-0.05, 0) is 47.7 Å². The molecule has 0 saturated heterocycles. The van der Waals surface area contributed by atoms with Crippen molar-refractivity contribution in [2.45, 2.75) is 30.3 Å². The Morgan fingerprint density at radius 1 is 1.07 bits per heavy atom. The van der Waals surface area contributed by atoms with Crippen LogP contribution in [0.5, 0.6) is 0 Å². The number of primary amides is 1. The first kappa shape index (κ1) is 19.6. The van der Waals surface area contributed by atoms with Gasteiger partial charge in [-0.2, -0.15) is 0 Å². The van der Waals surface area contributed by atoms with Gasteiger partial charge in [-0.15, -0.1) is 0 Å².